The zero-order valence-electron chi connectivity index (χ0n) is 15.9. The number of rotatable bonds is 8. The van der Waals surface area contributed by atoms with Crippen molar-refractivity contribution in [1.29, 1.82) is 0 Å². The minimum atomic E-state index is -0.597. The summed E-state index contributed by atoms with van der Waals surface area (Å²) in [6.45, 7) is 3.91. The van der Waals surface area contributed by atoms with Gasteiger partial charge in [0.2, 0.25) is 5.91 Å². The number of hydrogen-bond donors (Lipinski definition) is 1. The van der Waals surface area contributed by atoms with Crippen LogP contribution in [0.4, 0.5) is 0 Å². The lowest BCUT2D eigenvalue weighted by atomic mass is 10.1. The van der Waals surface area contributed by atoms with Crippen molar-refractivity contribution >= 4 is 23.4 Å². The second-order valence-corrected chi connectivity index (χ2v) is 6.66. The van der Waals surface area contributed by atoms with Gasteiger partial charge in [-0.25, -0.2) is 0 Å². The number of ether oxygens (including phenoxy) is 1. The molecule has 0 bridgehead atoms. The van der Waals surface area contributed by atoms with Gasteiger partial charge in [0.05, 0.1) is 0 Å². The number of hydrogen-bond acceptors (Lipinski definition) is 3. The van der Waals surface area contributed by atoms with E-state index < -0.39 is 6.04 Å². The van der Waals surface area contributed by atoms with Gasteiger partial charge in [-0.2, -0.15) is 0 Å². The highest BCUT2D eigenvalue weighted by Gasteiger charge is 2.28. The summed E-state index contributed by atoms with van der Waals surface area (Å²) in [6, 6.07) is 14.2. The molecule has 2 rings (SSSR count). The van der Waals surface area contributed by atoms with E-state index in [2.05, 4.69) is 5.32 Å². The van der Waals surface area contributed by atoms with Crippen molar-refractivity contribution in [2.24, 2.45) is 0 Å². The van der Waals surface area contributed by atoms with Gasteiger partial charge in [0.25, 0.3) is 5.91 Å². The smallest absolute Gasteiger partial charge is 0.261 e. The Bertz CT molecular complexity index is 795. The Kier molecular flexibility index (Phi) is 7.67. The first-order valence-electron chi connectivity index (χ1n) is 8.90. The maximum atomic E-state index is 12.9. The van der Waals surface area contributed by atoms with Crippen molar-refractivity contribution < 1.29 is 14.3 Å². The summed E-state index contributed by atoms with van der Waals surface area (Å²) in [7, 11) is 1.56. The number of carbonyl (C=O) groups is 2. The third kappa shape index (κ3) is 5.73. The van der Waals surface area contributed by atoms with Crippen molar-refractivity contribution in [2.45, 2.75) is 32.9 Å². The van der Waals surface area contributed by atoms with Gasteiger partial charge < -0.3 is 15.0 Å². The molecular formula is C21H25ClN2O3. The van der Waals surface area contributed by atoms with E-state index in [1.165, 1.54) is 4.90 Å². The van der Waals surface area contributed by atoms with Crippen LogP contribution < -0.4 is 10.1 Å². The van der Waals surface area contributed by atoms with Gasteiger partial charge in [-0.15, -0.1) is 0 Å². The highest BCUT2D eigenvalue weighted by Crippen LogP contribution is 2.20. The number of likely N-dealkylation sites (N-methyl/N-ethyl adjacent to an activating group) is 1. The minimum Gasteiger partial charge on any atom is -0.484 e. The molecule has 27 heavy (non-hydrogen) atoms. The van der Waals surface area contributed by atoms with Crippen LogP contribution >= 0.6 is 11.6 Å². The van der Waals surface area contributed by atoms with Crippen LogP contribution in [0, 0.1) is 6.92 Å². The Balaban J connectivity index is 2.20. The maximum absolute atomic E-state index is 12.9. The molecule has 0 spiro atoms. The molecular weight excluding hydrogens is 364 g/mol. The van der Waals surface area contributed by atoms with E-state index in [0.29, 0.717) is 17.2 Å². The molecule has 0 aliphatic rings. The van der Waals surface area contributed by atoms with Crippen molar-refractivity contribution in [2.75, 3.05) is 13.7 Å². The topological polar surface area (TPSA) is 58.6 Å². The lowest BCUT2D eigenvalue weighted by Gasteiger charge is -2.30. The molecule has 2 aromatic rings. The van der Waals surface area contributed by atoms with E-state index in [9.17, 15) is 9.59 Å². The average molecular weight is 389 g/mol. The molecule has 0 radical (unpaired) electrons. The van der Waals surface area contributed by atoms with Crippen molar-refractivity contribution in [1.82, 2.24) is 10.2 Å². The van der Waals surface area contributed by atoms with Gasteiger partial charge in [-0.05, 0) is 42.7 Å². The standard InChI is InChI=1S/C21H25ClN2O3/c1-4-19(21(26)23-3)24(13-16-9-5-6-11-18(16)22)20(25)14-27-17-10-7-8-15(2)12-17/h5-12,19H,4,13-14H2,1-3H3,(H,23,26)/t19-/m0/s1. The molecule has 144 valence electrons. The summed E-state index contributed by atoms with van der Waals surface area (Å²) >= 11 is 6.25. The molecule has 0 heterocycles. The van der Waals surface area contributed by atoms with Crippen molar-refractivity contribution in [3.05, 3.63) is 64.7 Å². The van der Waals surface area contributed by atoms with Crippen LogP contribution in [0.5, 0.6) is 5.75 Å². The number of benzene rings is 2. The first-order chi connectivity index (χ1) is 13.0. The molecule has 2 aromatic carbocycles. The highest BCUT2D eigenvalue weighted by atomic mass is 35.5. The number of aryl methyl sites for hydroxylation is 1. The van der Waals surface area contributed by atoms with Gasteiger partial charge in [0.1, 0.15) is 11.8 Å². The molecule has 0 aliphatic heterocycles. The fourth-order valence-corrected chi connectivity index (χ4v) is 3.02. The minimum absolute atomic E-state index is 0.151. The number of carbonyl (C=O) groups excluding carboxylic acids is 2. The predicted molar refractivity (Wildman–Crippen MR) is 107 cm³/mol. The summed E-state index contributed by atoms with van der Waals surface area (Å²) in [5.74, 6) is 0.134. The largest absolute Gasteiger partial charge is 0.484 e. The molecule has 0 saturated carbocycles. The third-order valence-electron chi connectivity index (χ3n) is 4.28. The van der Waals surface area contributed by atoms with Gasteiger partial charge in [-0.1, -0.05) is 48.9 Å². The van der Waals surface area contributed by atoms with Crippen LogP contribution in [-0.4, -0.2) is 36.4 Å². The fraction of sp³-hybridized carbons (Fsp3) is 0.333. The van der Waals surface area contributed by atoms with E-state index in [-0.39, 0.29) is 25.0 Å². The zero-order valence-corrected chi connectivity index (χ0v) is 16.6. The molecule has 0 aromatic heterocycles. The van der Waals surface area contributed by atoms with Crippen LogP contribution in [0.1, 0.15) is 24.5 Å². The zero-order chi connectivity index (χ0) is 19.8. The van der Waals surface area contributed by atoms with Gasteiger partial charge in [0, 0.05) is 18.6 Å². The number of nitrogens with zero attached hydrogens (tertiary/aromatic N) is 1. The van der Waals surface area contributed by atoms with Crippen molar-refractivity contribution in [3.63, 3.8) is 0 Å². The van der Waals surface area contributed by atoms with E-state index >= 15 is 0 Å². The summed E-state index contributed by atoms with van der Waals surface area (Å²) in [5, 5.41) is 3.18. The molecule has 0 unspecified atom stereocenters. The Morgan fingerprint density at radius 2 is 1.93 bits per heavy atom. The maximum Gasteiger partial charge on any atom is 0.261 e. The van der Waals surface area contributed by atoms with Gasteiger partial charge in [-0.3, -0.25) is 9.59 Å². The van der Waals surface area contributed by atoms with Crippen LogP contribution in [0.3, 0.4) is 0 Å². The monoisotopic (exact) mass is 388 g/mol. The fourth-order valence-electron chi connectivity index (χ4n) is 2.83. The van der Waals surface area contributed by atoms with Crippen LogP contribution in [-0.2, 0) is 16.1 Å². The molecule has 5 nitrogen and oxygen atoms in total. The van der Waals surface area contributed by atoms with E-state index in [0.717, 1.165) is 11.1 Å². The lowest BCUT2D eigenvalue weighted by Crippen LogP contribution is -2.49. The summed E-state index contributed by atoms with van der Waals surface area (Å²) in [5.41, 5.74) is 1.83. The third-order valence-corrected chi connectivity index (χ3v) is 4.65. The quantitative estimate of drug-likeness (QED) is 0.751. The van der Waals surface area contributed by atoms with Gasteiger partial charge in [0.15, 0.2) is 6.61 Å². The molecule has 1 N–H and O–H groups in total. The van der Waals surface area contributed by atoms with E-state index in [1.807, 2.05) is 50.2 Å². The first kappa shape index (κ1) is 20.8. The number of amides is 2. The highest BCUT2D eigenvalue weighted by molar-refractivity contribution is 6.31. The average Bonchev–Trinajstić information content (AvgIpc) is 2.67. The first-order valence-corrected chi connectivity index (χ1v) is 9.28. The summed E-state index contributed by atoms with van der Waals surface area (Å²) in [4.78, 5) is 26.7. The predicted octanol–water partition coefficient (Wildman–Crippen LogP) is 3.58. The second-order valence-electron chi connectivity index (χ2n) is 6.26. The molecule has 0 saturated heterocycles. The van der Waals surface area contributed by atoms with Gasteiger partial charge >= 0.3 is 0 Å². The van der Waals surface area contributed by atoms with Crippen LogP contribution in [0.25, 0.3) is 0 Å². The summed E-state index contributed by atoms with van der Waals surface area (Å²) < 4.78 is 5.65. The lowest BCUT2D eigenvalue weighted by molar-refractivity contribution is -0.142. The Morgan fingerprint density at radius 1 is 1.19 bits per heavy atom. The van der Waals surface area contributed by atoms with Crippen molar-refractivity contribution in [3.8, 4) is 5.75 Å². The SMILES string of the molecule is CC[C@@H](C(=O)NC)N(Cc1ccccc1Cl)C(=O)COc1cccc(C)c1. The Labute approximate surface area is 165 Å². The summed E-state index contributed by atoms with van der Waals surface area (Å²) in [6.07, 6.45) is 0.486. The molecule has 0 fully saturated rings. The Morgan fingerprint density at radius 3 is 2.56 bits per heavy atom. The normalized spacial score (nSPS) is 11.6. The Hall–Kier alpha value is -2.53. The van der Waals surface area contributed by atoms with E-state index in [4.69, 9.17) is 16.3 Å². The molecule has 1 atom stereocenters. The van der Waals surface area contributed by atoms with Crippen LogP contribution in [0.2, 0.25) is 5.02 Å². The number of nitrogens with one attached hydrogen (secondary N) is 1. The van der Waals surface area contributed by atoms with E-state index in [1.54, 1.807) is 19.2 Å². The second kappa shape index (κ2) is 9.97. The van der Waals surface area contributed by atoms with Crippen LogP contribution in [0.15, 0.2) is 48.5 Å². The molecule has 0 aliphatic carbocycles. The molecule has 6 heteroatoms. The molecule has 2 amide bonds. The number of halogens is 1.